The van der Waals surface area contributed by atoms with Crippen LogP contribution in [0.1, 0.15) is 37.3 Å². The highest BCUT2D eigenvalue weighted by Crippen LogP contribution is 2.33. The van der Waals surface area contributed by atoms with Gasteiger partial charge in [-0.25, -0.2) is 0 Å². The summed E-state index contributed by atoms with van der Waals surface area (Å²) >= 11 is 0. The molecule has 4 rings (SSSR count). The Balaban J connectivity index is 0.00000210. The van der Waals surface area contributed by atoms with E-state index in [4.69, 9.17) is 0 Å². The summed E-state index contributed by atoms with van der Waals surface area (Å²) in [5, 5.41) is 3.48. The van der Waals surface area contributed by atoms with Gasteiger partial charge >= 0.3 is 0 Å². The molecule has 2 unspecified atom stereocenters. The van der Waals surface area contributed by atoms with Crippen LogP contribution in [-0.2, 0) is 17.9 Å². The lowest BCUT2D eigenvalue weighted by Crippen LogP contribution is -2.36. The predicted octanol–water partition coefficient (Wildman–Crippen LogP) is 4.64. The van der Waals surface area contributed by atoms with Gasteiger partial charge < -0.3 is 10.2 Å². The van der Waals surface area contributed by atoms with Crippen LogP contribution in [0.25, 0.3) is 11.1 Å². The van der Waals surface area contributed by atoms with Crippen LogP contribution in [0, 0.1) is 11.8 Å². The first-order valence-electron chi connectivity index (χ1n) is 9.87. The van der Waals surface area contributed by atoms with E-state index >= 15 is 0 Å². The van der Waals surface area contributed by atoms with E-state index in [-0.39, 0.29) is 18.3 Å². The molecule has 144 valence electrons. The van der Waals surface area contributed by atoms with Gasteiger partial charge in [0, 0.05) is 19.5 Å². The van der Waals surface area contributed by atoms with Crippen molar-refractivity contribution in [2.24, 2.45) is 11.8 Å². The standard InChI is InChI=1S/C23H28N2O.ClH/c1-17(18-9-6-12-24-14-18)13-23(26)25-15-19-7-2-4-10-21(19)22-11-5-3-8-20(22)16-25;/h2-5,7-8,10-11,17-18,24H,6,9,12-16H2,1H3;1H. The quantitative estimate of drug-likeness (QED) is 0.835. The fraction of sp³-hybridized carbons (Fsp3) is 0.435. The number of carbonyl (C=O) groups excluding carboxylic acids is 1. The zero-order valence-electron chi connectivity index (χ0n) is 16.0. The van der Waals surface area contributed by atoms with Crippen LogP contribution in [0.5, 0.6) is 0 Å². The van der Waals surface area contributed by atoms with Gasteiger partial charge in [-0.1, -0.05) is 55.5 Å². The van der Waals surface area contributed by atoms with Gasteiger partial charge in [0.2, 0.25) is 5.91 Å². The summed E-state index contributed by atoms with van der Waals surface area (Å²) in [4.78, 5) is 15.2. The van der Waals surface area contributed by atoms with Crippen LogP contribution in [-0.4, -0.2) is 23.9 Å². The van der Waals surface area contributed by atoms with Crippen molar-refractivity contribution < 1.29 is 4.79 Å². The molecule has 0 spiro atoms. The van der Waals surface area contributed by atoms with E-state index < -0.39 is 0 Å². The molecule has 0 bridgehead atoms. The highest BCUT2D eigenvalue weighted by Gasteiger charge is 2.26. The maximum atomic E-state index is 13.1. The third-order valence-electron chi connectivity index (χ3n) is 6.04. The molecule has 2 atom stereocenters. The number of fused-ring (bicyclic) bond motifs is 3. The van der Waals surface area contributed by atoms with Gasteiger partial charge in [0.25, 0.3) is 0 Å². The molecule has 3 nitrogen and oxygen atoms in total. The van der Waals surface area contributed by atoms with Crippen molar-refractivity contribution >= 4 is 18.3 Å². The number of rotatable bonds is 3. The number of halogens is 1. The van der Waals surface area contributed by atoms with Crippen LogP contribution in [0.3, 0.4) is 0 Å². The van der Waals surface area contributed by atoms with Crippen molar-refractivity contribution in [3.63, 3.8) is 0 Å². The lowest BCUT2D eigenvalue weighted by atomic mass is 9.85. The van der Waals surface area contributed by atoms with Gasteiger partial charge in [0.1, 0.15) is 0 Å². The van der Waals surface area contributed by atoms with E-state index in [9.17, 15) is 4.79 Å². The Bertz CT molecular complexity index is 738. The zero-order valence-corrected chi connectivity index (χ0v) is 16.8. The Morgan fingerprint density at radius 3 is 2.22 bits per heavy atom. The second kappa shape index (κ2) is 8.90. The van der Waals surface area contributed by atoms with Gasteiger partial charge in [-0.05, 0) is 60.0 Å². The first kappa shape index (κ1) is 19.9. The number of piperidine rings is 1. The first-order valence-corrected chi connectivity index (χ1v) is 9.87. The molecular weight excluding hydrogens is 356 g/mol. The van der Waals surface area contributed by atoms with Gasteiger partial charge in [-0.15, -0.1) is 12.4 Å². The van der Waals surface area contributed by atoms with E-state index in [0.29, 0.717) is 31.3 Å². The number of carbonyl (C=O) groups is 1. The van der Waals surface area contributed by atoms with E-state index in [2.05, 4.69) is 65.7 Å². The molecule has 0 aromatic heterocycles. The van der Waals surface area contributed by atoms with Crippen LogP contribution in [0.4, 0.5) is 0 Å². The Morgan fingerprint density at radius 2 is 1.67 bits per heavy atom. The van der Waals surface area contributed by atoms with E-state index in [0.717, 1.165) is 13.1 Å². The minimum atomic E-state index is 0. The molecule has 27 heavy (non-hydrogen) atoms. The maximum absolute atomic E-state index is 13.1. The predicted molar refractivity (Wildman–Crippen MR) is 113 cm³/mol. The summed E-state index contributed by atoms with van der Waals surface area (Å²) in [6.45, 7) is 5.84. The molecule has 2 aromatic rings. The number of nitrogens with one attached hydrogen (secondary N) is 1. The fourth-order valence-electron chi connectivity index (χ4n) is 4.42. The van der Waals surface area contributed by atoms with Crippen molar-refractivity contribution in [1.82, 2.24) is 10.2 Å². The number of amides is 1. The maximum Gasteiger partial charge on any atom is 0.223 e. The number of nitrogens with zero attached hydrogens (tertiary/aromatic N) is 1. The second-order valence-corrected chi connectivity index (χ2v) is 7.85. The number of hydrogen-bond acceptors (Lipinski definition) is 2. The average molecular weight is 385 g/mol. The molecule has 1 N–H and O–H groups in total. The molecule has 1 amide bonds. The monoisotopic (exact) mass is 384 g/mol. The van der Waals surface area contributed by atoms with Gasteiger partial charge in [-0.2, -0.15) is 0 Å². The summed E-state index contributed by atoms with van der Waals surface area (Å²) < 4.78 is 0. The van der Waals surface area contributed by atoms with Crippen molar-refractivity contribution in [3.8, 4) is 11.1 Å². The van der Waals surface area contributed by atoms with Gasteiger partial charge in [0.05, 0.1) is 0 Å². The highest BCUT2D eigenvalue weighted by molar-refractivity contribution is 5.85. The minimum absolute atomic E-state index is 0. The van der Waals surface area contributed by atoms with Gasteiger partial charge in [0.15, 0.2) is 0 Å². The molecule has 4 heteroatoms. The Kier molecular flexibility index (Phi) is 6.56. The van der Waals surface area contributed by atoms with E-state index in [1.54, 1.807) is 0 Å². The van der Waals surface area contributed by atoms with Crippen molar-refractivity contribution in [3.05, 3.63) is 59.7 Å². The van der Waals surface area contributed by atoms with E-state index in [1.807, 2.05) is 0 Å². The molecule has 0 saturated carbocycles. The average Bonchev–Trinajstić information content (AvgIpc) is 2.85. The summed E-state index contributed by atoms with van der Waals surface area (Å²) in [6.07, 6.45) is 3.12. The molecule has 2 aliphatic heterocycles. The zero-order chi connectivity index (χ0) is 17.9. The largest absolute Gasteiger partial charge is 0.334 e. The summed E-state index contributed by atoms with van der Waals surface area (Å²) in [7, 11) is 0. The molecule has 0 radical (unpaired) electrons. The minimum Gasteiger partial charge on any atom is -0.334 e. The van der Waals surface area contributed by atoms with Crippen molar-refractivity contribution in [1.29, 1.82) is 0 Å². The van der Waals surface area contributed by atoms with Crippen molar-refractivity contribution in [2.45, 2.75) is 39.3 Å². The number of benzene rings is 2. The third-order valence-corrected chi connectivity index (χ3v) is 6.04. The smallest absolute Gasteiger partial charge is 0.223 e. The summed E-state index contributed by atoms with van der Waals surface area (Å²) in [6, 6.07) is 17.0. The SMILES string of the molecule is CC(CC(=O)N1Cc2ccccc2-c2ccccc2C1)C1CCCNC1.Cl. The fourth-order valence-corrected chi connectivity index (χ4v) is 4.42. The molecule has 2 aliphatic rings. The Labute approximate surface area is 168 Å². The van der Waals surface area contributed by atoms with E-state index in [1.165, 1.54) is 35.1 Å². The van der Waals surface area contributed by atoms with Crippen LogP contribution >= 0.6 is 12.4 Å². The van der Waals surface area contributed by atoms with Crippen molar-refractivity contribution in [2.75, 3.05) is 13.1 Å². The van der Waals surface area contributed by atoms with Crippen LogP contribution in [0.2, 0.25) is 0 Å². The topological polar surface area (TPSA) is 32.3 Å². The first-order chi connectivity index (χ1) is 12.7. The van der Waals surface area contributed by atoms with Crippen LogP contribution < -0.4 is 5.32 Å². The number of hydrogen-bond donors (Lipinski definition) is 1. The molecule has 1 fully saturated rings. The summed E-state index contributed by atoms with van der Waals surface area (Å²) in [5.41, 5.74) is 5.03. The summed E-state index contributed by atoms with van der Waals surface area (Å²) in [5.74, 6) is 1.35. The molecule has 2 aromatic carbocycles. The third kappa shape index (κ3) is 4.36. The molecule has 0 aliphatic carbocycles. The molecule has 1 saturated heterocycles. The molecule has 2 heterocycles. The lowest BCUT2D eigenvalue weighted by molar-refractivity contribution is -0.133. The van der Waals surface area contributed by atoms with Crippen LogP contribution in [0.15, 0.2) is 48.5 Å². The normalized spacial score (nSPS) is 19.9. The Morgan fingerprint density at radius 1 is 1.07 bits per heavy atom. The van der Waals surface area contributed by atoms with Gasteiger partial charge in [-0.3, -0.25) is 4.79 Å². The lowest BCUT2D eigenvalue weighted by Gasteiger charge is -2.30. The second-order valence-electron chi connectivity index (χ2n) is 7.85. The Hall–Kier alpha value is -1.84. The highest BCUT2D eigenvalue weighted by atomic mass is 35.5. The molecular formula is C23H29ClN2O.